The topological polar surface area (TPSA) is 29.0 Å². The summed E-state index contributed by atoms with van der Waals surface area (Å²) < 4.78 is 0.604. The van der Waals surface area contributed by atoms with Gasteiger partial charge in [0.1, 0.15) is 0 Å². The second-order valence-electron chi connectivity index (χ2n) is 3.23. The van der Waals surface area contributed by atoms with Crippen molar-refractivity contribution in [3.8, 4) is 0 Å². The highest BCUT2D eigenvalue weighted by Gasteiger charge is 2.05. The predicted octanol–water partition coefficient (Wildman–Crippen LogP) is 2.89. The van der Waals surface area contributed by atoms with Gasteiger partial charge in [0.15, 0.2) is 4.47 Å². The van der Waals surface area contributed by atoms with Crippen LogP contribution in [0.1, 0.15) is 10.6 Å². The minimum Gasteiger partial charge on any atom is -0.295 e. The van der Waals surface area contributed by atoms with E-state index in [1.54, 1.807) is 11.3 Å². The smallest absolute Gasteiger partial charge is 0.183 e. The van der Waals surface area contributed by atoms with E-state index in [9.17, 15) is 0 Å². The Labute approximate surface area is 101 Å². The van der Waals surface area contributed by atoms with Gasteiger partial charge in [-0.05, 0) is 7.05 Å². The fourth-order valence-electron chi connectivity index (χ4n) is 1.27. The lowest BCUT2D eigenvalue weighted by Gasteiger charge is -2.13. The number of hydrogen-bond acceptors (Lipinski definition) is 5. The van der Waals surface area contributed by atoms with Gasteiger partial charge in [-0.2, -0.15) is 0 Å². The highest BCUT2D eigenvalue weighted by Crippen LogP contribution is 2.19. The number of halogens is 1. The molecule has 0 aliphatic heterocycles. The molecule has 2 heterocycles. The average Bonchev–Trinajstić information content (AvgIpc) is 2.77. The van der Waals surface area contributed by atoms with Crippen LogP contribution in [0.25, 0.3) is 0 Å². The Kier molecular flexibility index (Phi) is 3.69. The maximum absolute atomic E-state index is 5.76. The number of rotatable bonds is 4. The lowest BCUT2D eigenvalue weighted by molar-refractivity contribution is 0.318. The summed E-state index contributed by atoms with van der Waals surface area (Å²) in [4.78, 5) is 11.6. The van der Waals surface area contributed by atoms with Crippen molar-refractivity contribution < 1.29 is 0 Å². The zero-order valence-corrected chi connectivity index (χ0v) is 10.6. The Bertz CT molecular complexity index is 413. The van der Waals surface area contributed by atoms with Crippen molar-refractivity contribution >= 4 is 34.3 Å². The van der Waals surface area contributed by atoms with Crippen LogP contribution in [0.4, 0.5) is 0 Å². The van der Waals surface area contributed by atoms with Gasteiger partial charge >= 0.3 is 0 Å². The zero-order chi connectivity index (χ0) is 10.7. The first kappa shape index (κ1) is 11.0. The summed E-state index contributed by atoms with van der Waals surface area (Å²) in [6.07, 6.45) is 1.82. The third kappa shape index (κ3) is 3.24. The molecule has 0 fully saturated rings. The van der Waals surface area contributed by atoms with E-state index in [2.05, 4.69) is 27.3 Å². The van der Waals surface area contributed by atoms with Crippen LogP contribution < -0.4 is 0 Å². The Morgan fingerprint density at radius 3 is 2.87 bits per heavy atom. The van der Waals surface area contributed by atoms with Crippen LogP contribution in [0, 0.1) is 0 Å². The zero-order valence-electron chi connectivity index (χ0n) is 8.18. The van der Waals surface area contributed by atoms with Gasteiger partial charge < -0.3 is 0 Å². The van der Waals surface area contributed by atoms with Crippen LogP contribution in [-0.2, 0) is 13.1 Å². The molecule has 15 heavy (non-hydrogen) atoms. The highest BCUT2D eigenvalue weighted by molar-refractivity contribution is 7.15. The monoisotopic (exact) mass is 259 g/mol. The first-order valence-electron chi connectivity index (χ1n) is 4.40. The lowest BCUT2D eigenvalue weighted by atomic mass is 10.4. The standard InChI is InChI=1S/C9H10ClN3S2/c1-13(3-7-5-14-6-12-7)4-8-2-11-9(10)15-8/h2,5-6H,3-4H2,1H3. The van der Waals surface area contributed by atoms with Crippen LogP contribution in [0.2, 0.25) is 4.47 Å². The molecule has 0 radical (unpaired) electrons. The molecule has 0 saturated carbocycles. The molecule has 0 aromatic carbocycles. The van der Waals surface area contributed by atoms with Gasteiger partial charge in [-0.25, -0.2) is 9.97 Å². The summed E-state index contributed by atoms with van der Waals surface area (Å²) in [7, 11) is 2.06. The van der Waals surface area contributed by atoms with Crippen LogP contribution >= 0.6 is 34.3 Å². The molecule has 0 atom stereocenters. The Hall–Kier alpha value is -0.490. The molecular weight excluding hydrogens is 250 g/mol. The molecule has 0 saturated heterocycles. The molecule has 0 N–H and O–H groups in total. The van der Waals surface area contributed by atoms with Crippen LogP contribution in [0.5, 0.6) is 0 Å². The van der Waals surface area contributed by atoms with Crippen molar-refractivity contribution in [2.45, 2.75) is 13.1 Å². The Morgan fingerprint density at radius 1 is 1.40 bits per heavy atom. The molecule has 80 valence electrons. The van der Waals surface area contributed by atoms with Crippen LogP contribution in [0.3, 0.4) is 0 Å². The highest BCUT2D eigenvalue weighted by atomic mass is 35.5. The van der Waals surface area contributed by atoms with Crippen molar-refractivity contribution in [2.75, 3.05) is 7.05 Å². The van der Waals surface area contributed by atoms with Crippen molar-refractivity contribution in [3.05, 3.63) is 32.1 Å². The van der Waals surface area contributed by atoms with E-state index >= 15 is 0 Å². The van der Waals surface area contributed by atoms with E-state index < -0.39 is 0 Å². The van der Waals surface area contributed by atoms with Crippen molar-refractivity contribution in [1.29, 1.82) is 0 Å². The van der Waals surface area contributed by atoms with E-state index in [-0.39, 0.29) is 0 Å². The molecular formula is C9H10ClN3S2. The van der Waals surface area contributed by atoms with Gasteiger partial charge in [-0.15, -0.1) is 22.7 Å². The van der Waals surface area contributed by atoms with E-state index in [4.69, 9.17) is 11.6 Å². The average molecular weight is 260 g/mol. The number of thiazole rings is 2. The molecule has 2 rings (SSSR count). The Balaban J connectivity index is 1.90. The SMILES string of the molecule is CN(Cc1cscn1)Cc1cnc(Cl)s1. The largest absolute Gasteiger partial charge is 0.295 e. The summed E-state index contributed by atoms with van der Waals surface area (Å²) in [5, 5.41) is 2.07. The normalized spacial score (nSPS) is 11.1. The molecule has 2 aromatic rings. The van der Waals surface area contributed by atoms with Crippen LogP contribution in [0.15, 0.2) is 17.1 Å². The lowest BCUT2D eigenvalue weighted by Crippen LogP contribution is -2.16. The predicted molar refractivity (Wildman–Crippen MR) is 64.4 cm³/mol. The number of nitrogens with zero attached hydrogens (tertiary/aromatic N) is 3. The molecule has 0 unspecified atom stereocenters. The quantitative estimate of drug-likeness (QED) is 0.846. The van der Waals surface area contributed by atoms with Gasteiger partial charge in [-0.1, -0.05) is 11.6 Å². The fraction of sp³-hybridized carbons (Fsp3) is 0.333. The second kappa shape index (κ2) is 5.03. The Morgan fingerprint density at radius 2 is 2.27 bits per heavy atom. The number of aromatic nitrogens is 2. The summed E-state index contributed by atoms with van der Waals surface area (Å²) in [6.45, 7) is 1.72. The van der Waals surface area contributed by atoms with E-state index in [0.717, 1.165) is 18.8 Å². The third-order valence-corrected chi connectivity index (χ3v) is 3.60. The maximum atomic E-state index is 5.76. The molecule has 0 aliphatic carbocycles. The van der Waals surface area contributed by atoms with E-state index in [1.165, 1.54) is 16.2 Å². The van der Waals surface area contributed by atoms with E-state index in [0.29, 0.717) is 4.47 Å². The van der Waals surface area contributed by atoms with Gasteiger partial charge in [0.05, 0.1) is 11.2 Å². The minimum absolute atomic E-state index is 0.604. The van der Waals surface area contributed by atoms with Crippen LogP contribution in [-0.4, -0.2) is 21.9 Å². The maximum Gasteiger partial charge on any atom is 0.183 e. The van der Waals surface area contributed by atoms with Crippen molar-refractivity contribution in [2.24, 2.45) is 0 Å². The fourth-order valence-corrected chi connectivity index (χ4v) is 2.88. The first-order chi connectivity index (χ1) is 7.24. The molecule has 2 aromatic heterocycles. The molecule has 0 bridgehead atoms. The van der Waals surface area contributed by atoms with Gasteiger partial charge in [0.25, 0.3) is 0 Å². The number of hydrogen-bond donors (Lipinski definition) is 0. The molecule has 3 nitrogen and oxygen atoms in total. The molecule has 0 spiro atoms. The van der Waals surface area contributed by atoms with Gasteiger partial charge in [0.2, 0.25) is 0 Å². The summed E-state index contributed by atoms with van der Waals surface area (Å²) in [5.41, 5.74) is 2.96. The molecule has 0 amide bonds. The van der Waals surface area contributed by atoms with Gasteiger partial charge in [0, 0.05) is 29.5 Å². The molecule has 6 heteroatoms. The summed E-state index contributed by atoms with van der Waals surface area (Å²) in [5.74, 6) is 0. The van der Waals surface area contributed by atoms with Gasteiger partial charge in [-0.3, -0.25) is 4.90 Å². The first-order valence-corrected chi connectivity index (χ1v) is 6.53. The van der Waals surface area contributed by atoms with Crippen molar-refractivity contribution in [3.63, 3.8) is 0 Å². The molecule has 0 aliphatic rings. The summed E-state index contributed by atoms with van der Waals surface area (Å²) >= 11 is 8.91. The third-order valence-electron chi connectivity index (χ3n) is 1.87. The van der Waals surface area contributed by atoms with Crippen molar-refractivity contribution in [1.82, 2.24) is 14.9 Å². The summed E-state index contributed by atoms with van der Waals surface area (Å²) in [6, 6.07) is 0. The van der Waals surface area contributed by atoms with E-state index in [1.807, 2.05) is 11.7 Å². The minimum atomic E-state index is 0.604. The second-order valence-corrected chi connectivity index (χ2v) is 5.65.